The Hall–Kier alpha value is -0.0400. The zero-order chi connectivity index (χ0) is 9.40. The summed E-state index contributed by atoms with van der Waals surface area (Å²) in [6.45, 7) is 6.85. The zero-order valence-corrected chi connectivity index (χ0v) is 9.19. The van der Waals surface area contributed by atoms with Crippen molar-refractivity contribution in [3.8, 4) is 0 Å². The SMILES string of the molecule is CCCCC(CC)CC(C)NC. The Balaban J connectivity index is 3.51. The van der Waals surface area contributed by atoms with Crippen LogP contribution < -0.4 is 5.32 Å². The molecule has 0 aromatic heterocycles. The molecule has 74 valence electrons. The first-order chi connectivity index (χ1) is 5.74. The first-order valence-electron chi connectivity index (χ1n) is 5.41. The molecule has 2 unspecified atom stereocenters. The normalized spacial score (nSPS) is 16.0. The van der Waals surface area contributed by atoms with Crippen molar-refractivity contribution in [2.75, 3.05) is 7.05 Å². The number of hydrogen-bond acceptors (Lipinski definition) is 1. The second kappa shape index (κ2) is 7.60. The topological polar surface area (TPSA) is 12.0 Å². The predicted molar refractivity (Wildman–Crippen MR) is 56.4 cm³/mol. The molecule has 0 aromatic carbocycles. The molecule has 0 rings (SSSR count). The van der Waals surface area contributed by atoms with Gasteiger partial charge in [-0.15, -0.1) is 0 Å². The van der Waals surface area contributed by atoms with E-state index >= 15 is 0 Å². The van der Waals surface area contributed by atoms with Crippen molar-refractivity contribution in [2.24, 2.45) is 5.92 Å². The van der Waals surface area contributed by atoms with Gasteiger partial charge in [-0.2, -0.15) is 0 Å². The van der Waals surface area contributed by atoms with Gasteiger partial charge in [0.25, 0.3) is 0 Å². The van der Waals surface area contributed by atoms with Gasteiger partial charge in [-0.1, -0.05) is 39.5 Å². The van der Waals surface area contributed by atoms with E-state index in [4.69, 9.17) is 0 Å². The first-order valence-corrected chi connectivity index (χ1v) is 5.41. The predicted octanol–water partition coefficient (Wildman–Crippen LogP) is 3.20. The lowest BCUT2D eigenvalue weighted by molar-refractivity contribution is 0.372. The Morgan fingerprint density at radius 1 is 1.25 bits per heavy atom. The maximum Gasteiger partial charge on any atom is 0.00383 e. The summed E-state index contributed by atoms with van der Waals surface area (Å²) >= 11 is 0. The van der Waals surface area contributed by atoms with Gasteiger partial charge in [0, 0.05) is 6.04 Å². The molecule has 0 radical (unpaired) electrons. The highest BCUT2D eigenvalue weighted by molar-refractivity contribution is 4.65. The van der Waals surface area contributed by atoms with Crippen LogP contribution in [-0.2, 0) is 0 Å². The third-order valence-corrected chi connectivity index (χ3v) is 2.72. The van der Waals surface area contributed by atoms with Gasteiger partial charge in [-0.25, -0.2) is 0 Å². The molecule has 12 heavy (non-hydrogen) atoms. The zero-order valence-electron chi connectivity index (χ0n) is 9.19. The van der Waals surface area contributed by atoms with Crippen LogP contribution in [0.2, 0.25) is 0 Å². The van der Waals surface area contributed by atoms with Gasteiger partial charge in [0.05, 0.1) is 0 Å². The van der Waals surface area contributed by atoms with Crippen LogP contribution in [0.5, 0.6) is 0 Å². The summed E-state index contributed by atoms with van der Waals surface area (Å²) in [4.78, 5) is 0. The molecule has 0 saturated carbocycles. The molecule has 0 aliphatic carbocycles. The quantitative estimate of drug-likeness (QED) is 0.620. The maximum atomic E-state index is 3.31. The van der Waals surface area contributed by atoms with Gasteiger partial charge < -0.3 is 5.32 Å². The van der Waals surface area contributed by atoms with Crippen LogP contribution >= 0.6 is 0 Å². The van der Waals surface area contributed by atoms with E-state index in [1.54, 1.807) is 0 Å². The van der Waals surface area contributed by atoms with E-state index in [1.807, 2.05) is 0 Å². The number of nitrogens with one attached hydrogen (secondary N) is 1. The first kappa shape index (κ1) is 12.0. The molecule has 0 spiro atoms. The van der Waals surface area contributed by atoms with Crippen LogP contribution in [0.25, 0.3) is 0 Å². The molecule has 0 saturated heterocycles. The Morgan fingerprint density at radius 2 is 1.92 bits per heavy atom. The highest BCUT2D eigenvalue weighted by Gasteiger charge is 2.08. The van der Waals surface area contributed by atoms with Crippen molar-refractivity contribution >= 4 is 0 Å². The average molecular weight is 171 g/mol. The summed E-state index contributed by atoms with van der Waals surface area (Å²) in [6.07, 6.45) is 6.83. The Morgan fingerprint density at radius 3 is 2.33 bits per heavy atom. The van der Waals surface area contributed by atoms with E-state index in [0.717, 1.165) is 5.92 Å². The van der Waals surface area contributed by atoms with E-state index < -0.39 is 0 Å². The summed E-state index contributed by atoms with van der Waals surface area (Å²) in [7, 11) is 2.05. The molecule has 1 nitrogen and oxygen atoms in total. The van der Waals surface area contributed by atoms with Gasteiger partial charge in [0.15, 0.2) is 0 Å². The van der Waals surface area contributed by atoms with Crippen molar-refractivity contribution < 1.29 is 0 Å². The molecular weight excluding hydrogens is 146 g/mol. The molecule has 0 heterocycles. The summed E-state index contributed by atoms with van der Waals surface area (Å²) in [5.74, 6) is 0.937. The van der Waals surface area contributed by atoms with Crippen molar-refractivity contribution in [3.63, 3.8) is 0 Å². The van der Waals surface area contributed by atoms with E-state index in [0.29, 0.717) is 6.04 Å². The van der Waals surface area contributed by atoms with Crippen LogP contribution in [-0.4, -0.2) is 13.1 Å². The van der Waals surface area contributed by atoms with E-state index in [1.165, 1.54) is 32.1 Å². The van der Waals surface area contributed by atoms with Crippen LogP contribution in [0.1, 0.15) is 52.9 Å². The van der Waals surface area contributed by atoms with Crippen molar-refractivity contribution in [1.29, 1.82) is 0 Å². The highest BCUT2D eigenvalue weighted by Crippen LogP contribution is 2.17. The minimum absolute atomic E-state index is 0.687. The van der Waals surface area contributed by atoms with Gasteiger partial charge in [-0.05, 0) is 26.3 Å². The number of hydrogen-bond donors (Lipinski definition) is 1. The standard InChI is InChI=1S/C11H25N/c1-5-7-8-11(6-2)9-10(3)12-4/h10-12H,5-9H2,1-4H3. The maximum absolute atomic E-state index is 3.31. The molecule has 0 fully saturated rings. The lowest BCUT2D eigenvalue weighted by Gasteiger charge is -2.18. The second-order valence-electron chi connectivity index (χ2n) is 3.84. The molecule has 1 N–H and O–H groups in total. The molecular formula is C11H25N. The largest absolute Gasteiger partial charge is 0.317 e. The Labute approximate surface area is 77.9 Å². The summed E-state index contributed by atoms with van der Waals surface area (Å²) < 4.78 is 0. The van der Waals surface area contributed by atoms with Gasteiger partial charge in [0.2, 0.25) is 0 Å². The lowest BCUT2D eigenvalue weighted by Crippen LogP contribution is -2.24. The van der Waals surface area contributed by atoms with Gasteiger partial charge >= 0.3 is 0 Å². The summed E-state index contributed by atoms with van der Waals surface area (Å²) in [5, 5.41) is 3.31. The fourth-order valence-electron chi connectivity index (χ4n) is 1.60. The van der Waals surface area contributed by atoms with Crippen LogP contribution in [0.3, 0.4) is 0 Å². The lowest BCUT2D eigenvalue weighted by atomic mass is 9.93. The minimum Gasteiger partial charge on any atom is -0.317 e. The van der Waals surface area contributed by atoms with Gasteiger partial charge in [0.1, 0.15) is 0 Å². The number of unbranched alkanes of at least 4 members (excludes halogenated alkanes) is 1. The van der Waals surface area contributed by atoms with E-state index in [-0.39, 0.29) is 0 Å². The Kier molecular flexibility index (Phi) is 7.58. The highest BCUT2D eigenvalue weighted by atomic mass is 14.8. The average Bonchev–Trinajstić information content (AvgIpc) is 2.11. The van der Waals surface area contributed by atoms with Crippen molar-refractivity contribution in [2.45, 2.75) is 58.9 Å². The monoisotopic (exact) mass is 171 g/mol. The van der Waals surface area contributed by atoms with Crippen LogP contribution in [0.15, 0.2) is 0 Å². The molecule has 0 bridgehead atoms. The molecule has 0 aliphatic rings. The second-order valence-corrected chi connectivity index (χ2v) is 3.84. The smallest absolute Gasteiger partial charge is 0.00383 e. The minimum atomic E-state index is 0.687. The third-order valence-electron chi connectivity index (χ3n) is 2.72. The van der Waals surface area contributed by atoms with Gasteiger partial charge in [-0.3, -0.25) is 0 Å². The van der Waals surface area contributed by atoms with Crippen LogP contribution in [0.4, 0.5) is 0 Å². The number of rotatable bonds is 7. The van der Waals surface area contributed by atoms with E-state index in [9.17, 15) is 0 Å². The molecule has 2 atom stereocenters. The van der Waals surface area contributed by atoms with Crippen molar-refractivity contribution in [3.05, 3.63) is 0 Å². The molecule has 0 aromatic rings. The summed E-state index contributed by atoms with van der Waals surface area (Å²) in [6, 6.07) is 0.687. The molecule has 0 amide bonds. The Bertz CT molecular complexity index is 91.0. The summed E-state index contributed by atoms with van der Waals surface area (Å²) in [5.41, 5.74) is 0. The van der Waals surface area contributed by atoms with Crippen molar-refractivity contribution in [1.82, 2.24) is 5.32 Å². The fraction of sp³-hybridized carbons (Fsp3) is 1.00. The van der Waals surface area contributed by atoms with E-state index in [2.05, 4.69) is 33.1 Å². The molecule has 1 heteroatoms. The fourth-order valence-corrected chi connectivity index (χ4v) is 1.60. The molecule has 0 aliphatic heterocycles. The third kappa shape index (κ3) is 5.59. The van der Waals surface area contributed by atoms with Crippen LogP contribution in [0, 0.1) is 5.92 Å².